The lowest BCUT2D eigenvalue weighted by molar-refractivity contribution is 0.102. The molecular weight excluding hydrogens is 316 g/mol. The Hall–Kier alpha value is -3.02. The quantitative estimate of drug-likeness (QED) is 0.777. The molecule has 0 radical (unpaired) electrons. The van der Waals surface area contributed by atoms with Crippen LogP contribution < -0.4 is 10.9 Å². The van der Waals surface area contributed by atoms with Crippen molar-refractivity contribution in [1.82, 2.24) is 14.5 Å². The minimum atomic E-state index is -0.267. The van der Waals surface area contributed by atoms with Gasteiger partial charge in [0.25, 0.3) is 11.5 Å². The molecule has 0 fully saturated rings. The molecule has 0 saturated carbocycles. The van der Waals surface area contributed by atoms with Crippen LogP contribution in [0.25, 0.3) is 10.9 Å². The Morgan fingerprint density at radius 3 is 2.84 bits per heavy atom. The molecule has 0 bridgehead atoms. The summed E-state index contributed by atoms with van der Waals surface area (Å²) in [6.07, 6.45) is 5.60. The van der Waals surface area contributed by atoms with Gasteiger partial charge < -0.3 is 5.32 Å². The Bertz CT molecular complexity index is 949. The number of carbonyl (C=O) groups excluding carboxylic acids is 1. The predicted octanol–water partition coefficient (Wildman–Crippen LogP) is 3.09. The smallest absolute Gasteiger partial charge is 0.261 e. The van der Waals surface area contributed by atoms with Gasteiger partial charge in [0, 0.05) is 24.6 Å². The van der Waals surface area contributed by atoms with Gasteiger partial charge in [-0.15, -0.1) is 0 Å². The van der Waals surface area contributed by atoms with Crippen LogP contribution in [-0.2, 0) is 6.54 Å². The first kappa shape index (κ1) is 16.8. The zero-order valence-corrected chi connectivity index (χ0v) is 14.3. The molecule has 0 aliphatic rings. The van der Waals surface area contributed by atoms with Crippen molar-refractivity contribution < 1.29 is 4.79 Å². The van der Waals surface area contributed by atoms with Crippen LogP contribution in [0.1, 0.15) is 30.6 Å². The third-order valence-corrected chi connectivity index (χ3v) is 3.95. The topological polar surface area (TPSA) is 76.9 Å². The fraction of sp³-hybridized carbons (Fsp3) is 0.263. The molecule has 0 aliphatic carbocycles. The van der Waals surface area contributed by atoms with E-state index in [1.807, 2.05) is 0 Å². The van der Waals surface area contributed by atoms with Crippen molar-refractivity contribution >= 4 is 22.5 Å². The molecule has 128 valence electrons. The lowest BCUT2D eigenvalue weighted by Crippen LogP contribution is -2.21. The molecule has 25 heavy (non-hydrogen) atoms. The van der Waals surface area contributed by atoms with Crippen molar-refractivity contribution in [3.63, 3.8) is 0 Å². The summed E-state index contributed by atoms with van der Waals surface area (Å²) < 4.78 is 1.62. The summed E-state index contributed by atoms with van der Waals surface area (Å²) in [6.45, 7) is 4.86. The first-order valence-electron chi connectivity index (χ1n) is 8.25. The molecule has 0 spiro atoms. The van der Waals surface area contributed by atoms with Crippen molar-refractivity contribution in [2.24, 2.45) is 5.92 Å². The second kappa shape index (κ2) is 7.25. The van der Waals surface area contributed by atoms with Crippen molar-refractivity contribution in [2.75, 3.05) is 5.32 Å². The van der Waals surface area contributed by atoms with Gasteiger partial charge in [-0.2, -0.15) is 0 Å². The van der Waals surface area contributed by atoms with Gasteiger partial charge in [-0.05, 0) is 42.7 Å². The van der Waals surface area contributed by atoms with E-state index in [2.05, 4.69) is 29.1 Å². The average Bonchev–Trinajstić information content (AvgIpc) is 2.62. The van der Waals surface area contributed by atoms with Gasteiger partial charge in [-0.25, -0.2) is 4.98 Å². The molecule has 3 aromatic rings. The molecular formula is C19H20N4O2. The maximum absolute atomic E-state index is 12.6. The van der Waals surface area contributed by atoms with Crippen molar-refractivity contribution in [3.8, 4) is 0 Å². The van der Waals surface area contributed by atoms with Crippen LogP contribution in [0.4, 0.5) is 5.69 Å². The van der Waals surface area contributed by atoms with E-state index in [1.54, 1.807) is 47.4 Å². The van der Waals surface area contributed by atoms with E-state index in [9.17, 15) is 9.59 Å². The minimum absolute atomic E-state index is 0.0943. The van der Waals surface area contributed by atoms with Crippen LogP contribution in [0.2, 0.25) is 0 Å². The number of aryl methyl sites for hydroxylation is 1. The van der Waals surface area contributed by atoms with Gasteiger partial charge in [-0.3, -0.25) is 19.1 Å². The molecule has 2 aromatic heterocycles. The highest BCUT2D eigenvalue weighted by atomic mass is 16.1. The standard InChI is InChI=1S/C19H20N4O2/c1-13(2)7-9-23-12-21-17-6-5-15(10-16(17)19(23)25)22-18(24)14-4-3-8-20-11-14/h3-6,8,10-13H,7,9H2,1-2H3,(H,22,24). The minimum Gasteiger partial charge on any atom is -0.322 e. The molecule has 2 heterocycles. The molecule has 0 unspecified atom stereocenters. The molecule has 1 N–H and O–H groups in total. The number of carbonyl (C=O) groups is 1. The zero-order valence-electron chi connectivity index (χ0n) is 14.3. The van der Waals surface area contributed by atoms with E-state index < -0.39 is 0 Å². The van der Waals surface area contributed by atoms with E-state index in [1.165, 1.54) is 6.20 Å². The number of aromatic nitrogens is 3. The lowest BCUT2D eigenvalue weighted by Gasteiger charge is -2.10. The Kier molecular flexibility index (Phi) is 4.88. The molecule has 3 rings (SSSR count). The number of anilines is 1. The Morgan fingerprint density at radius 2 is 2.12 bits per heavy atom. The molecule has 1 aromatic carbocycles. The van der Waals surface area contributed by atoms with Gasteiger partial charge in [0.05, 0.1) is 22.8 Å². The van der Waals surface area contributed by atoms with Crippen LogP contribution in [-0.4, -0.2) is 20.4 Å². The number of nitrogens with one attached hydrogen (secondary N) is 1. The Balaban J connectivity index is 1.89. The molecule has 6 heteroatoms. The van der Waals surface area contributed by atoms with Crippen molar-refractivity contribution in [2.45, 2.75) is 26.8 Å². The number of amides is 1. The van der Waals surface area contributed by atoms with E-state index in [4.69, 9.17) is 0 Å². The summed E-state index contributed by atoms with van der Waals surface area (Å²) in [6, 6.07) is 8.53. The summed E-state index contributed by atoms with van der Waals surface area (Å²) in [4.78, 5) is 33.2. The monoisotopic (exact) mass is 336 g/mol. The van der Waals surface area contributed by atoms with Crippen LogP contribution >= 0.6 is 0 Å². The predicted molar refractivity (Wildman–Crippen MR) is 97.6 cm³/mol. The van der Waals surface area contributed by atoms with Crippen LogP contribution in [0, 0.1) is 5.92 Å². The maximum Gasteiger partial charge on any atom is 0.261 e. The highest BCUT2D eigenvalue weighted by molar-refractivity contribution is 6.04. The fourth-order valence-electron chi connectivity index (χ4n) is 2.49. The molecule has 0 aliphatic heterocycles. The van der Waals surface area contributed by atoms with E-state index in [-0.39, 0.29) is 11.5 Å². The number of fused-ring (bicyclic) bond motifs is 1. The maximum atomic E-state index is 12.6. The van der Waals surface area contributed by atoms with E-state index in [0.717, 1.165) is 6.42 Å². The van der Waals surface area contributed by atoms with Crippen LogP contribution in [0.5, 0.6) is 0 Å². The van der Waals surface area contributed by atoms with Gasteiger partial charge in [0.2, 0.25) is 0 Å². The third-order valence-electron chi connectivity index (χ3n) is 3.95. The highest BCUT2D eigenvalue weighted by Gasteiger charge is 2.09. The lowest BCUT2D eigenvalue weighted by atomic mass is 10.1. The van der Waals surface area contributed by atoms with Gasteiger partial charge in [-0.1, -0.05) is 13.8 Å². The first-order valence-corrected chi connectivity index (χ1v) is 8.25. The van der Waals surface area contributed by atoms with Crippen LogP contribution in [0.15, 0.2) is 53.8 Å². The number of rotatable bonds is 5. The second-order valence-electron chi connectivity index (χ2n) is 6.35. The van der Waals surface area contributed by atoms with Crippen molar-refractivity contribution in [1.29, 1.82) is 0 Å². The summed E-state index contributed by atoms with van der Waals surface area (Å²) in [5, 5.41) is 3.29. The molecule has 1 amide bonds. The molecule has 0 atom stereocenters. The number of hydrogen-bond donors (Lipinski definition) is 1. The van der Waals surface area contributed by atoms with Gasteiger partial charge >= 0.3 is 0 Å². The Labute approximate surface area is 145 Å². The van der Waals surface area contributed by atoms with Gasteiger partial charge in [0.1, 0.15) is 0 Å². The summed E-state index contributed by atoms with van der Waals surface area (Å²) in [7, 11) is 0. The highest BCUT2D eigenvalue weighted by Crippen LogP contribution is 2.15. The number of nitrogens with zero attached hydrogens (tertiary/aromatic N) is 3. The Morgan fingerprint density at radius 1 is 1.28 bits per heavy atom. The normalized spacial score (nSPS) is 11.0. The number of pyridine rings is 1. The van der Waals surface area contributed by atoms with Gasteiger partial charge in [0.15, 0.2) is 0 Å². The van der Waals surface area contributed by atoms with E-state index >= 15 is 0 Å². The SMILES string of the molecule is CC(C)CCn1cnc2ccc(NC(=O)c3cccnc3)cc2c1=O. The third kappa shape index (κ3) is 3.91. The number of benzene rings is 1. The summed E-state index contributed by atoms with van der Waals surface area (Å²) >= 11 is 0. The zero-order chi connectivity index (χ0) is 17.8. The van der Waals surface area contributed by atoms with Crippen LogP contribution in [0.3, 0.4) is 0 Å². The second-order valence-corrected chi connectivity index (χ2v) is 6.35. The number of hydrogen-bond acceptors (Lipinski definition) is 4. The largest absolute Gasteiger partial charge is 0.322 e. The first-order chi connectivity index (χ1) is 12.0. The summed E-state index contributed by atoms with van der Waals surface area (Å²) in [5.74, 6) is 0.240. The molecule has 6 nitrogen and oxygen atoms in total. The summed E-state index contributed by atoms with van der Waals surface area (Å²) in [5.41, 5.74) is 1.54. The average molecular weight is 336 g/mol. The fourth-order valence-corrected chi connectivity index (χ4v) is 2.49. The van der Waals surface area contributed by atoms with Crippen molar-refractivity contribution in [3.05, 3.63) is 65.0 Å². The molecule has 0 saturated heterocycles. The van der Waals surface area contributed by atoms with E-state index in [0.29, 0.717) is 34.6 Å².